The van der Waals surface area contributed by atoms with Crippen molar-refractivity contribution in [2.24, 2.45) is 0 Å². The van der Waals surface area contributed by atoms with E-state index in [1.807, 2.05) is 0 Å². The van der Waals surface area contributed by atoms with Crippen molar-refractivity contribution >= 4 is 17.5 Å². The van der Waals surface area contributed by atoms with E-state index >= 15 is 0 Å². The van der Waals surface area contributed by atoms with Crippen LogP contribution in [0.25, 0.3) is 0 Å². The number of nitro groups is 1. The van der Waals surface area contributed by atoms with Crippen LogP contribution in [0.2, 0.25) is 0 Å². The Kier molecular flexibility index (Phi) is 3.13. The van der Waals surface area contributed by atoms with Gasteiger partial charge in [-0.15, -0.1) is 0 Å². The van der Waals surface area contributed by atoms with Crippen LogP contribution in [0.3, 0.4) is 0 Å². The molecule has 0 fully saturated rings. The molecule has 1 aliphatic carbocycles. The molecule has 0 spiro atoms. The fraction of sp³-hybridized carbons (Fsp3) is 0.231. The van der Waals surface area contributed by atoms with Crippen LogP contribution >= 0.6 is 0 Å². The molecule has 0 aliphatic heterocycles. The molecule has 1 unspecified atom stereocenters. The zero-order valence-corrected chi connectivity index (χ0v) is 10.9. The lowest BCUT2D eigenvalue weighted by Gasteiger charge is -2.14. The van der Waals surface area contributed by atoms with Crippen LogP contribution in [0.15, 0.2) is 24.4 Å². The van der Waals surface area contributed by atoms with E-state index in [4.69, 9.17) is 5.73 Å². The van der Waals surface area contributed by atoms with E-state index in [0.29, 0.717) is 0 Å². The van der Waals surface area contributed by atoms with Crippen molar-refractivity contribution < 1.29 is 9.31 Å². The highest BCUT2D eigenvalue weighted by molar-refractivity contribution is 5.54. The van der Waals surface area contributed by atoms with Gasteiger partial charge in [0, 0.05) is 0 Å². The minimum Gasteiger partial charge on any atom is -0.378 e. The number of nitrogens with two attached hydrogens (primary N) is 1. The summed E-state index contributed by atoms with van der Waals surface area (Å²) in [6.07, 6.45) is 2.67. The Labute approximate surface area is 119 Å². The summed E-state index contributed by atoms with van der Waals surface area (Å²) >= 11 is 0. The fourth-order valence-electron chi connectivity index (χ4n) is 2.48. The second kappa shape index (κ2) is 4.97. The zero-order valence-electron chi connectivity index (χ0n) is 10.9. The Hall–Kier alpha value is -2.77. The zero-order chi connectivity index (χ0) is 15.0. The van der Waals surface area contributed by atoms with Gasteiger partial charge in [-0.2, -0.15) is 4.98 Å². The number of fused-ring (bicyclic) bond motifs is 1. The summed E-state index contributed by atoms with van der Waals surface area (Å²) in [6.45, 7) is 0. The van der Waals surface area contributed by atoms with E-state index in [2.05, 4.69) is 15.3 Å². The van der Waals surface area contributed by atoms with Gasteiger partial charge in [-0.05, 0) is 36.1 Å². The predicted octanol–water partition coefficient (Wildman–Crippen LogP) is 2.21. The van der Waals surface area contributed by atoms with E-state index in [1.165, 1.54) is 12.1 Å². The van der Waals surface area contributed by atoms with E-state index in [9.17, 15) is 14.5 Å². The molecule has 1 aromatic heterocycles. The number of hydrogen-bond donors (Lipinski definition) is 2. The highest BCUT2D eigenvalue weighted by atomic mass is 19.1. The van der Waals surface area contributed by atoms with Gasteiger partial charge in [-0.3, -0.25) is 10.1 Å². The van der Waals surface area contributed by atoms with Crippen molar-refractivity contribution in [2.75, 3.05) is 11.1 Å². The van der Waals surface area contributed by atoms with Gasteiger partial charge < -0.3 is 11.1 Å². The van der Waals surface area contributed by atoms with Crippen molar-refractivity contribution in [2.45, 2.75) is 18.9 Å². The van der Waals surface area contributed by atoms with E-state index < -0.39 is 4.92 Å². The lowest BCUT2D eigenvalue weighted by molar-refractivity contribution is -0.384. The molecule has 8 heteroatoms. The first-order chi connectivity index (χ1) is 10.0. The molecule has 21 heavy (non-hydrogen) atoms. The third-order valence-electron chi connectivity index (χ3n) is 3.48. The number of aromatic nitrogens is 2. The Morgan fingerprint density at radius 3 is 3.00 bits per heavy atom. The maximum absolute atomic E-state index is 13.3. The summed E-state index contributed by atoms with van der Waals surface area (Å²) in [6, 6.07) is 4.55. The highest BCUT2D eigenvalue weighted by Crippen LogP contribution is 2.34. The van der Waals surface area contributed by atoms with Crippen LogP contribution in [0, 0.1) is 15.9 Å². The maximum Gasteiger partial charge on any atom is 0.329 e. The van der Waals surface area contributed by atoms with Crippen molar-refractivity contribution in [3.8, 4) is 0 Å². The molecule has 0 saturated heterocycles. The molecule has 0 amide bonds. The van der Waals surface area contributed by atoms with Gasteiger partial charge in [0.1, 0.15) is 12.0 Å². The molecule has 7 nitrogen and oxygen atoms in total. The molecule has 0 bridgehead atoms. The second-order valence-electron chi connectivity index (χ2n) is 4.80. The number of hydrogen-bond acceptors (Lipinski definition) is 6. The molecular formula is C13H12FN5O2. The summed E-state index contributed by atoms with van der Waals surface area (Å²) in [4.78, 5) is 17.8. The summed E-state index contributed by atoms with van der Waals surface area (Å²) in [7, 11) is 0. The third kappa shape index (κ3) is 2.47. The topological polar surface area (TPSA) is 107 Å². The third-order valence-corrected chi connectivity index (χ3v) is 3.48. The van der Waals surface area contributed by atoms with Gasteiger partial charge in [0.2, 0.25) is 11.8 Å². The standard InChI is InChI=1S/C13H12FN5O2/c14-8-3-1-7-2-4-10(9(7)5-8)17-13-16-6-11(19(20)21)12(15)18-13/h1,3,5-6,10H,2,4H2,(H3,15,16,17,18). The quantitative estimate of drug-likeness (QED) is 0.662. The highest BCUT2D eigenvalue weighted by Gasteiger charge is 2.24. The van der Waals surface area contributed by atoms with Crippen molar-refractivity contribution in [3.63, 3.8) is 0 Å². The Morgan fingerprint density at radius 2 is 2.29 bits per heavy atom. The molecule has 1 atom stereocenters. The largest absolute Gasteiger partial charge is 0.378 e. The minimum atomic E-state index is -0.640. The SMILES string of the molecule is Nc1nc(NC2CCc3ccc(F)cc32)ncc1[N+](=O)[O-]. The summed E-state index contributed by atoms with van der Waals surface area (Å²) < 4.78 is 13.3. The number of halogens is 1. The smallest absolute Gasteiger partial charge is 0.329 e. The minimum absolute atomic E-state index is 0.128. The molecule has 1 aromatic carbocycles. The summed E-state index contributed by atoms with van der Waals surface area (Å²) in [5, 5.41) is 13.7. The molecule has 0 radical (unpaired) electrons. The first kappa shape index (κ1) is 13.2. The van der Waals surface area contributed by atoms with Crippen molar-refractivity contribution in [1.29, 1.82) is 0 Å². The summed E-state index contributed by atoms with van der Waals surface area (Å²) in [5.41, 5.74) is 7.12. The number of nitrogen functional groups attached to an aromatic ring is 1. The van der Waals surface area contributed by atoms with Gasteiger partial charge in [-0.1, -0.05) is 6.07 Å². The van der Waals surface area contributed by atoms with Gasteiger partial charge in [0.15, 0.2) is 0 Å². The van der Waals surface area contributed by atoms with Crippen LogP contribution in [0.4, 0.5) is 21.8 Å². The Morgan fingerprint density at radius 1 is 1.48 bits per heavy atom. The predicted molar refractivity (Wildman–Crippen MR) is 74.2 cm³/mol. The molecule has 108 valence electrons. The lowest BCUT2D eigenvalue weighted by atomic mass is 10.1. The van der Waals surface area contributed by atoms with Crippen LogP contribution < -0.4 is 11.1 Å². The second-order valence-corrected chi connectivity index (χ2v) is 4.80. The van der Waals surface area contributed by atoms with Gasteiger partial charge in [-0.25, -0.2) is 9.37 Å². The van der Waals surface area contributed by atoms with E-state index in [-0.39, 0.29) is 29.3 Å². The van der Waals surface area contributed by atoms with Crippen LogP contribution in [0.1, 0.15) is 23.6 Å². The first-order valence-electron chi connectivity index (χ1n) is 6.36. The average Bonchev–Trinajstić information content (AvgIpc) is 2.81. The molecule has 2 aromatic rings. The van der Waals surface area contributed by atoms with Crippen LogP contribution in [-0.2, 0) is 6.42 Å². The summed E-state index contributed by atoms with van der Waals surface area (Å²) in [5.74, 6) is -0.304. The number of aryl methyl sites for hydroxylation is 1. The fourth-order valence-corrected chi connectivity index (χ4v) is 2.48. The van der Waals surface area contributed by atoms with Gasteiger partial charge in [0.05, 0.1) is 11.0 Å². The molecular weight excluding hydrogens is 277 g/mol. The van der Waals surface area contributed by atoms with Crippen LogP contribution in [0.5, 0.6) is 0 Å². The first-order valence-corrected chi connectivity index (χ1v) is 6.36. The molecule has 3 N–H and O–H groups in total. The molecule has 0 saturated carbocycles. The number of anilines is 2. The molecule has 1 aliphatic rings. The van der Waals surface area contributed by atoms with Crippen LogP contribution in [-0.4, -0.2) is 14.9 Å². The monoisotopic (exact) mass is 289 g/mol. The van der Waals surface area contributed by atoms with Crippen molar-refractivity contribution in [1.82, 2.24) is 9.97 Å². The number of rotatable bonds is 3. The van der Waals surface area contributed by atoms with E-state index in [1.54, 1.807) is 6.07 Å². The number of benzene rings is 1. The Bertz CT molecular complexity index is 722. The van der Waals surface area contributed by atoms with Gasteiger partial charge >= 0.3 is 5.69 Å². The van der Waals surface area contributed by atoms with Gasteiger partial charge in [0.25, 0.3) is 0 Å². The molecule has 1 heterocycles. The molecule has 3 rings (SSSR count). The Balaban J connectivity index is 1.85. The average molecular weight is 289 g/mol. The number of nitrogens with one attached hydrogen (secondary N) is 1. The number of nitrogens with zero attached hydrogens (tertiary/aromatic N) is 3. The normalized spacial score (nSPS) is 16.5. The maximum atomic E-state index is 13.3. The lowest BCUT2D eigenvalue weighted by Crippen LogP contribution is -2.11. The van der Waals surface area contributed by atoms with Crippen molar-refractivity contribution in [3.05, 3.63) is 51.5 Å². The van der Waals surface area contributed by atoms with E-state index in [0.717, 1.165) is 30.2 Å².